The van der Waals surface area contributed by atoms with Crippen molar-refractivity contribution in [2.24, 2.45) is 5.92 Å². The van der Waals surface area contributed by atoms with Crippen LogP contribution in [0, 0.1) is 5.92 Å². The van der Waals surface area contributed by atoms with Crippen molar-refractivity contribution in [3.05, 3.63) is 54.4 Å². The zero-order chi connectivity index (χ0) is 20.5. The molecule has 2 fully saturated rings. The highest BCUT2D eigenvalue weighted by atomic mass is 32.1. The molecule has 30 heavy (non-hydrogen) atoms. The zero-order valence-electron chi connectivity index (χ0n) is 16.6. The summed E-state index contributed by atoms with van der Waals surface area (Å²) in [5, 5.41) is 1.17. The van der Waals surface area contributed by atoms with Gasteiger partial charge in [-0.15, -0.1) is 0 Å². The Bertz CT molecular complexity index is 1060. The Labute approximate surface area is 179 Å². The maximum Gasteiger partial charge on any atom is 0.228 e. The summed E-state index contributed by atoms with van der Waals surface area (Å²) in [6.07, 6.45) is 2.02. The van der Waals surface area contributed by atoms with E-state index in [1.807, 2.05) is 35.2 Å². The van der Waals surface area contributed by atoms with Gasteiger partial charge in [0.25, 0.3) is 0 Å². The second-order valence-electron chi connectivity index (χ2n) is 7.81. The summed E-state index contributed by atoms with van der Waals surface area (Å²) >= 11 is 1.52. The van der Waals surface area contributed by atoms with Gasteiger partial charge in [-0.3, -0.25) is 14.6 Å². The summed E-state index contributed by atoms with van der Waals surface area (Å²) in [7, 11) is 0. The number of aromatic nitrogens is 2. The minimum Gasteiger partial charge on any atom is -0.352 e. The first-order valence-corrected chi connectivity index (χ1v) is 11.0. The SMILES string of the molecule is O=C1CC(C(=O)N2CCN(c3nsc4ccccc34)CC2)CN1Cc1ccccn1. The van der Waals surface area contributed by atoms with Crippen LogP contribution >= 0.6 is 11.5 Å². The van der Waals surface area contributed by atoms with Crippen molar-refractivity contribution in [1.29, 1.82) is 0 Å². The van der Waals surface area contributed by atoms with E-state index >= 15 is 0 Å². The smallest absolute Gasteiger partial charge is 0.228 e. The molecule has 0 spiro atoms. The van der Waals surface area contributed by atoms with Crippen molar-refractivity contribution in [2.45, 2.75) is 13.0 Å². The molecule has 0 aliphatic carbocycles. The molecule has 0 bridgehead atoms. The van der Waals surface area contributed by atoms with E-state index in [1.54, 1.807) is 11.1 Å². The van der Waals surface area contributed by atoms with Gasteiger partial charge in [0.05, 0.1) is 22.9 Å². The molecule has 0 saturated carbocycles. The molecule has 2 aliphatic rings. The van der Waals surface area contributed by atoms with Crippen LogP contribution in [0.15, 0.2) is 48.7 Å². The minimum absolute atomic E-state index is 0.0339. The molecule has 3 aromatic rings. The average Bonchev–Trinajstić information content (AvgIpc) is 3.38. The molecule has 2 aliphatic heterocycles. The Morgan fingerprint density at radius 3 is 2.67 bits per heavy atom. The number of anilines is 1. The van der Waals surface area contributed by atoms with Crippen LogP contribution in [0.1, 0.15) is 12.1 Å². The molecule has 4 heterocycles. The van der Waals surface area contributed by atoms with E-state index in [1.165, 1.54) is 21.6 Å². The van der Waals surface area contributed by atoms with Gasteiger partial charge < -0.3 is 14.7 Å². The minimum atomic E-state index is -0.257. The summed E-state index contributed by atoms with van der Waals surface area (Å²) in [5.41, 5.74) is 0.850. The monoisotopic (exact) mass is 421 g/mol. The highest BCUT2D eigenvalue weighted by Crippen LogP contribution is 2.30. The van der Waals surface area contributed by atoms with Gasteiger partial charge in [0.15, 0.2) is 0 Å². The van der Waals surface area contributed by atoms with Gasteiger partial charge in [-0.2, -0.15) is 4.37 Å². The molecule has 7 nitrogen and oxygen atoms in total. The zero-order valence-corrected chi connectivity index (χ0v) is 17.4. The van der Waals surface area contributed by atoms with Gasteiger partial charge >= 0.3 is 0 Å². The number of hydrogen-bond acceptors (Lipinski definition) is 6. The third kappa shape index (κ3) is 3.63. The quantitative estimate of drug-likeness (QED) is 0.647. The van der Waals surface area contributed by atoms with Crippen molar-refractivity contribution in [2.75, 3.05) is 37.6 Å². The molecule has 1 aromatic carbocycles. The lowest BCUT2D eigenvalue weighted by Gasteiger charge is -2.36. The second-order valence-corrected chi connectivity index (χ2v) is 8.62. The number of pyridine rings is 1. The molecular formula is C22H23N5O2S. The van der Waals surface area contributed by atoms with Crippen LogP contribution in [0.3, 0.4) is 0 Å². The first-order chi connectivity index (χ1) is 14.7. The van der Waals surface area contributed by atoms with E-state index in [2.05, 4.69) is 26.4 Å². The van der Waals surface area contributed by atoms with E-state index in [0.29, 0.717) is 32.6 Å². The fourth-order valence-corrected chi connectivity index (χ4v) is 5.07. The van der Waals surface area contributed by atoms with Crippen LogP contribution in [0.4, 0.5) is 5.82 Å². The molecule has 2 aromatic heterocycles. The van der Waals surface area contributed by atoms with Crippen molar-refractivity contribution in [3.8, 4) is 0 Å². The van der Waals surface area contributed by atoms with Gasteiger partial charge in [-0.05, 0) is 35.8 Å². The van der Waals surface area contributed by atoms with Crippen molar-refractivity contribution < 1.29 is 9.59 Å². The first kappa shape index (κ1) is 19.0. The third-order valence-corrected chi connectivity index (χ3v) is 6.71. The lowest BCUT2D eigenvalue weighted by molar-refractivity contribution is -0.136. The number of nitrogens with zero attached hydrogens (tertiary/aromatic N) is 5. The van der Waals surface area contributed by atoms with Gasteiger partial charge in [0.1, 0.15) is 5.82 Å². The molecule has 2 saturated heterocycles. The molecule has 0 radical (unpaired) electrons. The lowest BCUT2D eigenvalue weighted by atomic mass is 10.1. The lowest BCUT2D eigenvalue weighted by Crippen LogP contribution is -2.50. The van der Waals surface area contributed by atoms with Gasteiger partial charge in [0, 0.05) is 50.7 Å². The molecular weight excluding hydrogens is 398 g/mol. The molecule has 5 rings (SSSR count). The van der Waals surface area contributed by atoms with Crippen LogP contribution in [0.5, 0.6) is 0 Å². The Morgan fingerprint density at radius 2 is 1.87 bits per heavy atom. The Hall–Kier alpha value is -3.00. The summed E-state index contributed by atoms with van der Waals surface area (Å²) in [6.45, 7) is 3.79. The fourth-order valence-electron chi connectivity index (χ4n) is 4.28. The number of hydrogen-bond donors (Lipinski definition) is 0. The normalized spacial score (nSPS) is 19.7. The number of amides is 2. The average molecular weight is 422 g/mol. The van der Waals surface area contributed by atoms with E-state index < -0.39 is 0 Å². The number of benzene rings is 1. The predicted octanol–water partition coefficient (Wildman–Crippen LogP) is 2.39. The number of rotatable bonds is 4. The Morgan fingerprint density at radius 1 is 1.07 bits per heavy atom. The molecule has 154 valence electrons. The Balaban J connectivity index is 1.19. The second kappa shape index (κ2) is 8.02. The number of fused-ring (bicyclic) bond motifs is 1. The third-order valence-electron chi connectivity index (χ3n) is 5.89. The number of carbonyl (C=O) groups is 2. The van der Waals surface area contributed by atoms with Crippen LogP contribution in [-0.2, 0) is 16.1 Å². The van der Waals surface area contributed by atoms with E-state index in [-0.39, 0.29) is 17.7 Å². The topological polar surface area (TPSA) is 69.6 Å². The highest BCUT2D eigenvalue weighted by Gasteiger charge is 2.37. The molecule has 1 atom stereocenters. The van der Waals surface area contributed by atoms with E-state index in [4.69, 9.17) is 0 Å². The van der Waals surface area contributed by atoms with Gasteiger partial charge in [-0.25, -0.2) is 0 Å². The summed E-state index contributed by atoms with van der Waals surface area (Å²) in [4.78, 5) is 35.7. The predicted molar refractivity (Wildman–Crippen MR) is 116 cm³/mol. The number of likely N-dealkylation sites (tertiary alicyclic amines) is 1. The highest BCUT2D eigenvalue weighted by molar-refractivity contribution is 7.13. The van der Waals surface area contributed by atoms with Crippen LogP contribution in [0.2, 0.25) is 0 Å². The largest absolute Gasteiger partial charge is 0.352 e. The van der Waals surface area contributed by atoms with E-state index in [9.17, 15) is 9.59 Å². The summed E-state index contributed by atoms with van der Waals surface area (Å²) < 4.78 is 5.82. The maximum absolute atomic E-state index is 13.0. The number of carbonyl (C=O) groups excluding carboxylic acids is 2. The van der Waals surface area contributed by atoms with Crippen molar-refractivity contribution in [3.63, 3.8) is 0 Å². The molecule has 8 heteroatoms. The fraction of sp³-hybridized carbons (Fsp3) is 0.364. The van der Waals surface area contributed by atoms with Crippen molar-refractivity contribution >= 4 is 39.3 Å². The van der Waals surface area contributed by atoms with Crippen molar-refractivity contribution in [1.82, 2.24) is 19.2 Å². The summed E-state index contributed by atoms with van der Waals surface area (Å²) in [6, 6.07) is 13.9. The standard InChI is InChI=1S/C22H23N5O2S/c28-20-13-16(14-27(20)15-17-5-3-4-8-23-17)22(29)26-11-9-25(10-12-26)21-18-6-1-2-7-19(18)30-24-21/h1-8,16H,9-15H2. The summed E-state index contributed by atoms with van der Waals surface area (Å²) in [5.74, 6) is 0.884. The Kier molecular flexibility index (Phi) is 5.08. The van der Waals surface area contributed by atoms with Gasteiger partial charge in [-0.1, -0.05) is 18.2 Å². The van der Waals surface area contributed by atoms with Crippen LogP contribution in [0.25, 0.3) is 10.1 Å². The van der Waals surface area contributed by atoms with Crippen LogP contribution in [-0.4, -0.2) is 63.7 Å². The maximum atomic E-state index is 13.0. The molecule has 1 unspecified atom stereocenters. The van der Waals surface area contributed by atoms with Gasteiger partial charge in [0.2, 0.25) is 11.8 Å². The number of piperazine rings is 1. The first-order valence-electron chi connectivity index (χ1n) is 10.2. The molecule has 0 N–H and O–H groups in total. The van der Waals surface area contributed by atoms with E-state index in [0.717, 1.165) is 24.6 Å². The molecule has 2 amide bonds. The van der Waals surface area contributed by atoms with Crippen LogP contribution < -0.4 is 4.90 Å².